The first kappa shape index (κ1) is 29.2. The molecule has 2 heterocycles. The van der Waals surface area contributed by atoms with Gasteiger partial charge in [-0.05, 0) is 43.2 Å². The highest BCUT2D eigenvalue weighted by Gasteiger charge is 2.21. The number of rotatable bonds is 9. The lowest BCUT2D eigenvalue weighted by Crippen LogP contribution is -2.41. The maximum absolute atomic E-state index is 14.4. The molecule has 0 radical (unpaired) electrons. The number of anilines is 2. The summed E-state index contributed by atoms with van der Waals surface area (Å²) >= 11 is 1.67. The average Bonchev–Trinajstić information content (AvgIpc) is 3.25. The molecule has 7 nitrogen and oxygen atoms in total. The van der Waals surface area contributed by atoms with E-state index in [4.69, 9.17) is 4.74 Å². The van der Waals surface area contributed by atoms with Gasteiger partial charge in [-0.2, -0.15) is 0 Å². The van der Waals surface area contributed by atoms with Crippen LogP contribution in [0, 0.1) is 17.7 Å². The second kappa shape index (κ2) is 12.6. The minimum Gasteiger partial charge on any atom is -0.495 e. The number of hydrogen-bond donors (Lipinski definition) is 3. The first-order chi connectivity index (χ1) is 18.6. The molecular formula is C29H36FN3O4S2. The molecule has 1 saturated heterocycles. The van der Waals surface area contributed by atoms with Crippen LogP contribution in [0.3, 0.4) is 0 Å². The third kappa shape index (κ3) is 7.03. The van der Waals surface area contributed by atoms with E-state index in [0.717, 1.165) is 61.8 Å². The van der Waals surface area contributed by atoms with Gasteiger partial charge >= 0.3 is 0 Å². The van der Waals surface area contributed by atoms with Gasteiger partial charge in [0.1, 0.15) is 16.5 Å². The van der Waals surface area contributed by atoms with Crippen LogP contribution in [-0.2, 0) is 16.3 Å². The van der Waals surface area contributed by atoms with E-state index in [-0.39, 0.29) is 18.4 Å². The van der Waals surface area contributed by atoms with Gasteiger partial charge in [0.2, 0.25) is 0 Å². The summed E-state index contributed by atoms with van der Waals surface area (Å²) in [6.45, 7) is 6.86. The zero-order valence-corrected chi connectivity index (χ0v) is 24.4. The Kier molecular flexibility index (Phi) is 9.39. The summed E-state index contributed by atoms with van der Waals surface area (Å²) in [6, 6.07) is 9.05. The van der Waals surface area contributed by atoms with Gasteiger partial charge < -0.3 is 25.4 Å². The molecule has 0 amide bonds. The molecule has 1 aliphatic heterocycles. The van der Waals surface area contributed by atoms with E-state index in [2.05, 4.69) is 52.5 Å². The number of aliphatic hydroxyl groups excluding tert-OH is 1. The van der Waals surface area contributed by atoms with E-state index < -0.39 is 20.5 Å². The quantitative estimate of drug-likeness (QED) is 0.319. The molecule has 1 atom stereocenters. The lowest BCUT2D eigenvalue weighted by Gasteiger charge is -2.33. The topological polar surface area (TPSA) is 90.9 Å². The number of likely N-dealkylation sites (tertiary alicyclic amines) is 1. The smallest absolute Gasteiger partial charge is 0.178 e. The summed E-state index contributed by atoms with van der Waals surface area (Å²) in [5.74, 6) is 5.82. The van der Waals surface area contributed by atoms with Crippen molar-refractivity contribution in [1.82, 2.24) is 4.90 Å². The van der Waals surface area contributed by atoms with Crippen molar-refractivity contribution in [2.75, 3.05) is 50.2 Å². The zero-order valence-electron chi connectivity index (χ0n) is 22.8. The van der Waals surface area contributed by atoms with Gasteiger partial charge in [0.05, 0.1) is 40.7 Å². The van der Waals surface area contributed by atoms with Crippen molar-refractivity contribution in [3.8, 4) is 17.6 Å². The third-order valence-corrected chi connectivity index (χ3v) is 9.17. The second-order valence-electron chi connectivity index (χ2n) is 9.92. The van der Waals surface area contributed by atoms with Crippen LogP contribution >= 0.6 is 11.3 Å². The Labute approximate surface area is 234 Å². The van der Waals surface area contributed by atoms with Gasteiger partial charge in [0, 0.05) is 44.1 Å². The van der Waals surface area contributed by atoms with Crippen LogP contribution in [0.4, 0.5) is 15.8 Å². The minimum absolute atomic E-state index is 0.238. The highest BCUT2D eigenvalue weighted by Crippen LogP contribution is 2.37. The minimum atomic E-state index is -3.71. The van der Waals surface area contributed by atoms with Crippen molar-refractivity contribution in [2.45, 2.75) is 50.2 Å². The molecule has 0 aliphatic carbocycles. The predicted molar refractivity (Wildman–Crippen MR) is 157 cm³/mol. The maximum Gasteiger partial charge on any atom is 0.178 e. The lowest BCUT2D eigenvalue weighted by atomic mass is 10.0. The Balaban J connectivity index is 1.49. The van der Waals surface area contributed by atoms with Gasteiger partial charge in [0.25, 0.3) is 0 Å². The van der Waals surface area contributed by atoms with Gasteiger partial charge in [0.15, 0.2) is 9.84 Å². The number of aryl methyl sites for hydroxylation is 1. The van der Waals surface area contributed by atoms with E-state index in [1.165, 1.54) is 28.8 Å². The molecule has 1 fully saturated rings. The molecule has 3 aromatic rings. The Morgan fingerprint density at radius 3 is 2.64 bits per heavy atom. The highest BCUT2D eigenvalue weighted by molar-refractivity contribution is 7.90. The lowest BCUT2D eigenvalue weighted by molar-refractivity contribution is 0.111. The molecule has 4 rings (SSSR count). The fraction of sp³-hybridized carbons (Fsp3) is 0.448. The Morgan fingerprint density at radius 2 is 2.00 bits per heavy atom. The molecule has 1 aromatic heterocycles. The second-order valence-corrected chi connectivity index (χ2v) is 12.9. The normalized spacial score (nSPS) is 15.5. The van der Waals surface area contributed by atoms with Crippen LogP contribution < -0.4 is 15.4 Å². The molecule has 0 bridgehead atoms. The summed E-state index contributed by atoms with van der Waals surface area (Å²) in [5, 5.41) is 17.7. The first-order valence-corrected chi connectivity index (χ1v) is 15.8. The monoisotopic (exact) mass is 573 g/mol. The van der Waals surface area contributed by atoms with Crippen LogP contribution in [0.1, 0.15) is 37.1 Å². The van der Waals surface area contributed by atoms with Crippen LogP contribution in [0.25, 0.3) is 10.1 Å². The largest absolute Gasteiger partial charge is 0.495 e. The van der Waals surface area contributed by atoms with Crippen molar-refractivity contribution in [2.24, 2.45) is 0 Å². The van der Waals surface area contributed by atoms with Gasteiger partial charge in [-0.15, -0.1) is 11.3 Å². The third-order valence-electron chi connectivity index (χ3n) is 6.86. The number of fused-ring (bicyclic) bond motifs is 1. The molecule has 10 heteroatoms. The summed E-state index contributed by atoms with van der Waals surface area (Å²) in [6.07, 6.45) is 3.57. The molecule has 1 aliphatic rings. The number of piperidine rings is 1. The number of benzene rings is 2. The zero-order chi connectivity index (χ0) is 28.2. The highest BCUT2D eigenvalue weighted by atomic mass is 32.2. The maximum atomic E-state index is 14.4. The Morgan fingerprint density at radius 1 is 1.26 bits per heavy atom. The number of nitrogens with one attached hydrogen (secondary N) is 2. The standard InChI is InChI=1S/C29H36FN3O4S2/c1-5-21-22-8-6-9-24(32-20-11-14-33(15-12-20)18-19(2)34)29(22)38-27(21)10-7-13-31-25-16-23(30)28(39(4,35)36)17-26(25)37-3/h6,8-9,16-17,19-20,31-32,34H,5,11-15,18H2,1-4H3. The number of thiophene rings is 1. The number of β-amino-alcohol motifs (C(OH)–C–C–N with tert-alkyl or cyclic N) is 1. The van der Waals surface area contributed by atoms with Crippen molar-refractivity contribution < 1.29 is 22.7 Å². The fourth-order valence-electron chi connectivity index (χ4n) is 4.98. The van der Waals surface area contributed by atoms with E-state index in [1.54, 1.807) is 11.3 Å². The van der Waals surface area contributed by atoms with E-state index in [1.807, 2.05) is 6.92 Å². The van der Waals surface area contributed by atoms with Gasteiger partial charge in [-0.3, -0.25) is 0 Å². The van der Waals surface area contributed by atoms with E-state index >= 15 is 0 Å². The molecule has 39 heavy (non-hydrogen) atoms. The predicted octanol–water partition coefficient (Wildman–Crippen LogP) is 4.74. The SMILES string of the molecule is CCc1c(C#CCNc2cc(F)c(S(C)(=O)=O)cc2OC)sc2c(NC3CCN(CC(C)O)CC3)cccc12. The number of aliphatic hydroxyl groups is 1. The molecule has 0 saturated carbocycles. The number of ether oxygens (including phenoxy) is 1. The molecule has 1 unspecified atom stereocenters. The number of halogens is 1. The molecule has 0 spiro atoms. The van der Waals surface area contributed by atoms with Crippen LogP contribution in [0.5, 0.6) is 5.75 Å². The van der Waals surface area contributed by atoms with Crippen molar-refractivity contribution in [3.63, 3.8) is 0 Å². The van der Waals surface area contributed by atoms with Crippen LogP contribution in [0.15, 0.2) is 35.2 Å². The molecular weight excluding hydrogens is 537 g/mol. The van der Waals surface area contributed by atoms with Gasteiger partial charge in [-0.25, -0.2) is 12.8 Å². The fourth-order valence-corrected chi connectivity index (χ4v) is 6.96. The summed E-state index contributed by atoms with van der Waals surface area (Å²) < 4.78 is 44.5. The van der Waals surface area contributed by atoms with E-state index in [0.29, 0.717) is 11.7 Å². The van der Waals surface area contributed by atoms with Gasteiger partial charge in [-0.1, -0.05) is 30.9 Å². The Hall–Kier alpha value is -2.84. The summed E-state index contributed by atoms with van der Waals surface area (Å²) in [7, 11) is -2.30. The van der Waals surface area contributed by atoms with E-state index in [9.17, 15) is 17.9 Å². The number of sulfone groups is 1. The van der Waals surface area contributed by atoms with Crippen molar-refractivity contribution in [1.29, 1.82) is 0 Å². The Bertz CT molecular complexity index is 1480. The molecule has 3 N–H and O–H groups in total. The molecule has 210 valence electrons. The van der Waals surface area contributed by atoms with Crippen LogP contribution in [-0.4, -0.2) is 70.1 Å². The average molecular weight is 574 g/mol. The molecule has 2 aromatic carbocycles. The van der Waals surface area contributed by atoms with Crippen LogP contribution in [0.2, 0.25) is 0 Å². The number of methoxy groups -OCH3 is 1. The summed E-state index contributed by atoms with van der Waals surface area (Å²) in [5.41, 5.74) is 2.67. The number of hydrogen-bond acceptors (Lipinski definition) is 8. The van der Waals surface area contributed by atoms with Crippen molar-refractivity contribution in [3.05, 3.63) is 46.6 Å². The number of nitrogens with zero attached hydrogens (tertiary/aromatic N) is 1. The van der Waals surface area contributed by atoms with Crippen molar-refractivity contribution >= 4 is 42.6 Å². The first-order valence-electron chi connectivity index (χ1n) is 13.1. The summed E-state index contributed by atoms with van der Waals surface area (Å²) in [4.78, 5) is 2.92.